The standard InChI is InChI=1S/C35H47NO4Si/c1-34(2,3)40-33(38)36-28(25-32(37)27-17-10-7-11-18-27)19-16-20-29(36)26-39-41(35(4,5)6,30-21-12-8-13-22-30)31-23-14-9-15-24-31/h7-15,17-18,21-24,28-29,32,37H,16,19-20,25-26H2,1-6H3/t28-,29+,32-/m1/s1. The van der Waals surface area contributed by atoms with Gasteiger partial charge in [0.25, 0.3) is 8.32 Å². The van der Waals surface area contributed by atoms with Gasteiger partial charge in [0.2, 0.25) is 0 Å². The molecule has 3 aromatic rings. The minimum absolute atomic E-state index is 0.151. The van der Waals surface area contributed by atoms with Crippen LogP contribution in [0.25, 0.3) is 0 Å². The number of amides is 1. The number of carbonyl (C=O) groups excluding carboxylic acids is 1. The van der Waals surface area contributed by atoms with E-state index in [1.165, 1.54) is 10.4 Å². The number of aliphatic hydroxyl groups excluding tert-OH is 1. The first-order valence-electron chi connectivity index (χ1n) is 14.9. The summed E-state index contributed by atoms with van der Waals surface area (Å²) in [6.45, 7) is 12.9. The van der Waals surface area contributed by atoms with E-state index in [1.54, 1.807) is 0 Å². The van der Waals surface area contributed by atoms with E-state index < -0.39 is 20.0 Å². The van der Waals surface area contributed by atoms with E-state index in [2.05, 4.69) is 69.3 Å². The van der Waals surface area contributed by atoms with Crippen molar-refractivity contribution in [1.29, 1.82) is 0 Å². The normalized spacial score (nSPS) is 19.0. The molecule has 0 aliphatic carbocycles. The number of hydrogen-bond donors (Lipinski definition) is 1. The SMILES string of the molecule is CC(C)(C)OC(=O)N1[C@@H](C[C@@H](O)c2ccccc2)CCC[C@H]1CO[Si](c1ccccc1)(c1ccccc1)C(C)(C)C. The highest BCUT2D eigenvalue weighted by Crippen LogP contribution is 2.38. The summed E-state index contributed by atoms with van der Waals surface area (Å²) in [4.78, 5) is 15.7. The summed E-state index contributed by atoms with van der Waals surface area (Å²) in [5, 5.41) is 13.4. The molecule has 220 valence electrons. The molecule has 1 aliphatic heterocycles. The molecule has 1 heterocycles. The molecule has 1 aliphatic rings. The van der Waals surface area contributed by atoms with Crippen LogP contribution in [0.15, 0.2) is 91.0 Å². The zero-order chi connectivity index (χ0) is 29.7. The molecule has 1 fully saturated rings. The van der Waals surface area contributed by atoms with Crippen molar-refractivity contribution in [2.45, 2.75) is 96.1 Å². The van der Waals surface area contributed by atoms with Gasteiger partial charge in [-0.15, -0.1) is 0 Å². The zero-order valence-corrected chi connectivity index (χ0v) is 26.5. The number of likely N-dealkylation sites (tertiary alicyclic amines) is 1. The van der Waals surface area contributed by atoms with Gasteiger partial charge in [-0.05, 0) is 67.4 Å². The Labute approximate surface area is 247 Å². The molecule has 1 amide bonds. The second-order valence-corrected chi connectivity index (χ2v) is 17.6. The Balaban J connectivity index is 1.69. The molecule has 3 aromatic carbocycles. The second-order valence-electron chi connectivity index (χ2n) is 13.3. The van der Waals surface area contributed by atoms with Gasteiger partial charge in [0.05, 0.1) is 18.8 Å². The maximum atomic E-state index is 13.8. The number of rotatable bonds is 8. The van der Waals surface area contributed by atoms with Crippen molar-refractivity contribution < 1.29 is 19.1 Å². The lowest BCUT2D eigenvalue weighted by molar-refractivity contribution is -0.0223. The largest absolute Gasteiger partial charge is 0.444 e. The first-order valence-corrected chi connectivity index (χ1v) is 16.8. The van der Waals surface area contributed by atoms with E-state index in [0.717, 1.165) is 24.8 Å². The molecule has 1 saturated heterocycles. The van der Waals surface area contributed by atoms with Crippen molar-refractivity contribution in [3.63, 3.8) is 0 Å². The number of benzene rings is 3. The average Bonchev–Trinajstić information content (AvgIpc) is 2.93. The van der Waals surface area contributed by atoms with Crippen molar-refractivity contribution >= 4 is 24.8 Å². The van der Waals surface area contributed by atoms with Crippen molar-refractivity contribution in [3.8, 4) is 0 Å². The van der Waals surface area contributed by atoms with Gasteiger partial charge in [0.15, 0.2) is 0 Å². The maximum Gasteiger partial charge on any atom is 0.410 e. The maximum absolute atomic E-state index is 13.8. The van der Waals surface area contributed by atoms with E-state index >= 15 is 0 Å². The van der Waals surface area contributed by atoms with Gasteiger partial charge < -0.3 is 14.3 Å². The summed E-state index contributed by atoms with van der Waals surface area (Å²) in [5.41, 5.74) is 0.239. The molecule has 4 rings (SSSR count). The lowest BCUT2D eigenvalue weighted by Crippen LogP contribution is -2.67. The van der Waals surface area contributed by atoms with Gasteiger partial charge in [0, 0.05) is 6.04 Å². The smallest absolute Gasteiger partial charge is 0.410 e. The van der Waals surface area contributed by atoms with E-state index in [9.17, 15) is 9.90 Å². The Morgan fingerprint density at radius 2 is 1.32 bits per heavy atom. The van der Waals surface area contributed by atoms with Crippen LogP contribution in [0.5, 0.6) is 0 Å². The first kappa shape index (κ1) is 31.0. The molecule has 1 N–H and O–H groups in total. The second kappa shape index (κ2) is 12.9. The van der Waals surface area contributed by atoms with E-state index in [1.807, 2.05) is 68.1 Å². The predicted molar refractivity (Wildman–Crippen MR) is 169 cm³/mol. The molecule has 6 heteroatoms. The Hall–Kier alpha value is -2.93. The van der Waals surface area contributed by atoms with Gasteiger partial charge in [-0.3, -0.25) is 4.90 Å². The van der Waals surface area contributed by atoms with Crippen molar-refractivity contribution in [3.05, 3.63) is 96.6 Å². The highest BCUT2D eigenvalue weighted by molar-refractivity contribution is 6.99. The number of aliphatic hydroxyl groups is 1. The summed E-state index contributed by atoms with van der Waals surface area (Å²) in [6.07, 6.45) is 2.06. The monoisotopic (exact) mass is 573 g/mol. The Morgan fingerprint density at radius 3 is 1.80 bits per heavy atom. The van der Waals surface area contributed by atoms with Crippen LogP contribution in [-0.4, -0.2) is 48.7 Å². The molecule has 3 atom stereocenters. The van der Waals surface area contributed by atoms with Gasteiger partial charge in [-0.25, -0.2) is 4.79 Å². The van der Waals surface area contributed by atoms with E-state index in [-0.39, 0.29) is 23.2 Å². The van der Waals surface area contributed by atoms with Crippen LogP contribution in [0, 0.1) is 0 Å². The van der Waals surface area contributed by atoms with E-state index in [4.69, 9.17) is 9.16 Å². The van der Waals surface area contributed by atoms with Crippen molar-refractivity contribution in [1.82, 2.24) is 4.90 Å². The Bertz CT molecular complexity index is 1200. The number of carbonyl (C=O) groups is 1. The first-order chi connectivity index (χ1) is 19.4. The summed E-state index contributed by atoms with van der Waals surface area (Å²) in [7, 11) is -2.78. The summed E-state index contributed by atoms with van der Waals surface area (Å²) in [6, 6.07) is 30.6. The third kappa shape index (κ3) is 7.29. The van der Waals surface area contributed by atoms with Crippen LogP contribution in [0.1, 0.15) is 78.9 Å². The quantitative estimate of drug-likeness (QED) is 0.300. The fourth-order valence-corrected chi connectivity index (χ4v) is 10.8. The summed E-state index contributed by atoms with van der Waals surface area (Å²) < 4.78 is 13.2. The van der Waals surface area contributed by atoms with Crippen LogP contribution < -0.4 is 10.4 Å². The topological polar surface area (TPSA) is 59.0 Å². The lowest BCUT2D eigenvalue weighted by Gasteiger charge is -2.47. The summed E-state index contributed by atoms with van der Waals surface area (Å²) in [5.74, 6) is 0. The predicted octanol–water partition coefficient (Wildman–Crippen LogP) is 6.84. The molecule has 0 unspecified atom stereocenters. The van der Waals surface area contributed by atoms with Gasteiger partial charge in [0.1, 0.15) is 5.60 Å². The lowest BCUT2D eigenvalue weighted by atomic mass is 9.91. The van der Waals surface area contributed by atoms with Crippen LogP contribution in [0.4, 0.5) is 4.79 Å². The number of hydrogen-bond acceptors (Lipinski definition) is 4. The minimum atomic E-state index is -2.78. The molecule has 0 radical (unpaired) electrons. The molecule has 0 aromatic heterocycles. The molecule has 0 saturated carbocycles. The van der Waals surface area contributed by atoms with Gasteiger partial charge >= 0.3 is 6.09 Å². The van der Waals surface area contributed by atoms with Crippen LogP contribution >= 0.6 is 0 Å². The van der Waals surface area contributed by atoms with Crippen molar-refractivity contribution in [2.24, 2.45) is 0 Å². The molecule has 41 heavy (non-hydrogen) atoms. The molecule has 0 bridgehead atoms. The average molecular weight is 574 g/mol. The Morgan fingerprint density at radius 1 is 0.829 bits per heavy atom. The van der Waals surface area contributed by atoms with Crippen LogP contribution in [-0.2, 0) is 9.16 Å². The van der Waals surface area contributed by atoms with Gasteiger partial charge in [-0.1, -0.05) is 112 Å². The van der Waals surface area contributed by atoms with E-state index in [0.29, 0.717) is 13.0 Å². The number of piperidine rings is 1. The molecular formula is C35H47NO4Si. The minimum Gasteiger partial charge on any atom is -0.444 e. The highest BCUT2D eigenvalue weighted by atomic mass is 28.4. The zero-order valence-electron chi connectivity index (χ0n) is 25.5. The Kier molecular flexibility index (Phi) is 9.78. The molecule has 0 spiro atoms. The molecule has 5 nitrogen and oxygen atoms in total. The highest BCUT2D eigenvalue weighted by Gasteiger charge is 2.51. The van der Waals surface area contributed by atoms with Crippen molar-refractivity contribution in [2.75, 3.05) is 6.61 Å². The number of ether oxygens (including phenoxy) is 1. The molecular weight excluding hydrogens is 526 g/mol. The number of nitrogens with zero attached hydrogens (tertiary/aromatic N) is 1. The fraction of sp³-hybridized carbons (Fsp3) is 0.457. The fourth-order valence-electron chi connectivity index (χ4n) is 6.23. The van der Waals surface area contributed by atoms with Crippen LogP contribution in [0.3, 0.4) is 0 Å². The third-order valence-electron chi connectivity index (χ3n) is 8.05. The van der Waals surface area contributed by atoms with Gasteiger partial charge in [-0.2, -0.15) is 0 Å². The van der Waals surface area contributed by atoms with Crippen LogP contribution in [0.2, 0.25) is 5.04 Å². The third-order valence-corrected chi connectivity index (χ3v) is 13.1. The summed E-state index contributed by atoms with van der Waals surface area (Å²) >= 11 is 0.